The summed E-state index contributed by atoms with van der Waals surface area (Å²) in [5, 5.41) is 34.9. The topological polar surface area (TPSA) is 263 Å². The Hall–Kier alpha value is -1.55. The van der Waals surface area contributed by atoms with Crippen LogP contribution in [0.25, 0.3) is 11.2 Å². The van der Waals surface area contributed by atoms with Crippen LogP contribution in [0.15, 0.2) is 6.33 Å². The van der Waals surface area contributed by atoms with Crippen LogP contribution >= 0.6 is 26.6 Å². The van der Waals surface area contributed by atoms with Crippen molar-refractivity contribution in [2.75, 3.05) is 17.4 Å². The number of amides is 1. The first-order valence-electron chi connectivity index (χ1n) is 14.0. The lowest BCUT2D eigenvalue weighted by Gasteiger charge is -2.61. The highest BCUT2D eigenvalue weighted by molar-refractivity contribution is 7.72. The number of hydrogen-bond acceptors (Lipinski definition) is 11. The zero-order valence-electron chi connectivity index (χ0n) is 22.9. The van der Waals surface area contributed by atoms with E-state index in [1.807, 2.05) is 0 Å². The molecule has 43 heavy (non-hydrogen) atoms. The van der Waals surface area contributed by atoms with E-state index < -0.39 is 74.5 Å². The van der Waals surface area contributed by atoms with E-state index in [1.54, 1.807) is 0 Å². The van der Waals surface area contributed by atoms with Gasteiger partial charge < -0.3 is 45.8 Å². The summed E-state index contributed by atoms with van der Waals surface area (Å²) >= 11 is 6.19. The maximum Gasteiger partial charge on any atom is 0.335 e. The molecule has 0 radical (unpaired) electrons. The van der Waals surface area contributed by atoms with Crippen molar-refractivity contribution in [3.8, 4) is 0 Å². The van der Waals surface area contributed by atoms with Crippen molar-refractivity contribution in [1.82, 2.24) is 19.5 Å². The Morgan fingerprint density at radius 3 is 2.47 bits per heavy atom. The Balaban J connectivity index is 1.20. The third kappa shape index (κ3) is 6.05. The van der Waals surface area contributed by atoms with Gasteiger partial charge >= 0.3 is 7.60 Å². The van der Waals surface area contributed by atoms with E-state index in [1.165, 1.54) is 10.9 Å². The summed E-state index contributed by atoms with van der Waals surface area (Å²) in [6.45, 7) is 0. The average Bonchev–Trinajstić information content (AvgIpc) is 3.40. The Labute approximate surface area is 250 Å². The van der Waals surface area contributed by atoms with Crippen LogP contribution in [-0.4, -0.2) is 97.4 Å². The predicted molar refractivity (Wildman–Crippen MR) is 151 cm³/mol. The molecule has 2 aromatic heterocycles. The quantitative estimate of drug-likeness (QED) is 0.134. The van der Waals surface area contributed by atoms with E-state index in [4.69, 9.17) is 31.9 Å². The van der Waals surface area contributed by atoms with Gasteiger partial charge in [-0.25, -0.2) is 4.98 Å². The summed E-state index contributed by atoms with van der Waals surface area (Å²) in [7, 11) is -9.00. The first-order chi connectivity index (χ1) is 20.0. The third-order valence-electron chi connectivity index (χ3n) is 9.43. The SMILES string of the molecule is NC(C(=O)Nc1nc(Cl)nc2c1ncn2[C@@H]1O[C@H](CCP(=O)(O)CP(=O)(O)O)C(O)C1O)C12CC3C[C@@H](CC(O)(C3)C1)C2. The number of aliphatic hydroxyl groups excluding tert-OH is 2. The van der Waals surface area contributed by atoms with Crippen molar-refractivity contribution in [3.05, 3.63) is 11.6 Å². The molecule has 5 aliphatic rings. The second kappa shape index (κ2) is 10.8. The fourth-order valence-electron chi connectivity index (χ4n) is 8.17. The highest BCUT2D eigenvalue weighted by Gasteiger charge is 2.60. The molecule has 2 aromatic rings. The summed E-state index contributed by atoms with van der Waals surface area (Å²) < 4.78 is 30.4. The van der Waals surface area contributed by atoms with E-state index in [0.29, 0.717) is 18.3 Å². The van der Waals surface area contributed by atoms with Gasteiger partial charge in [-0.2, -0.15) is 9.97 Å². The number of anilines is 1. The van der Waals surface area contributed by atoms with Gasteiger partial charge in [-0.15, -0.1) is 0 Å². The number of aromatic nitrogens is 4. The summed E-state index contributed by atoms with van der Waals surface area (Å²) in [6, 6.07) is -0.917. The summed E-state index contributed by atoms with van der Waals surface area (Å²) in [6.07, 6.45) is -0.574. The molecule has 1 saturated heterocycles. The van der Waals surface area contributed by atoms with Gasteiger partial charge in [0.25, 0.3) is 0 Å². The van der Waals surface area contributed by atoms with Crippen LogP contribution in [0.5, 0.6) is 0 Å². The van der Waals surface area contributed by atoms with Gasteiger partial charge in [0.1, 0.15) is 18.1 Å². The minimum absolute atomic E-state index is 0.0270. The number of ether oxygens (including phenoxy) is 1. The third-order valence-corrected chi connectivity index (χ3v) is 13.8. The Kier molecular flexibility index (Phi) is 7.87. The fourth-order valence-corrected chi connectivity index (χ4v) is 11.9. The summed E-state index contributed by atoms with van der Waals surface area (Å²) in [5.74, 6) is -1.09. The van der Waals surface area contributed by atoms with Crippen LogP contribution in [0.1, 0.15) is 51.2 Å². The lowest BCUT2D eigenvalue weighted by atomic mass is 9.46. The van der Waals surface area contributed by atoms with Crippen molar-refractivity contribution in [2.45, 2.75) is 81.1 Å². The van der Waals surface area contributed by atoms with Crippen molar-refractivity contribution >= 4 is 49.5 Å². The lowest BCUT2D eigenvalue weighted by molar-refractivity contribution is -0.172. The van der Waals surface area contributed by atoms with Crippen LogP contribution in [-0.2, 0) is 18.7 Å². The second-order valence-corrected chi connectivity index (χ2v) is 17.8. The van der Waals surface area contributed by atoms with E-state index in [-0.39, 0.29) is 28.7 Å². The van der Waals surface area contributed by atoms with Crippen LogP contribution in [0.3, 0.4) is 0 Å². The Morgan fingerprint density at radius 1 is 1.16 bits per heavy atom. The minimum Gasteiger partial charge on any atom is -0.390 e. The molecule has 9 N–H and O–H groups in total. The summed E-state index contributed by atoms with van der Waals surface area (Å²) in [5.41, 5.74) is 5.39. The largest absolute Gasteiger partial charge is 0.390 e. The van der Waals surface area contributed by atoms with E-state index in [9.17, 15) is 34.1 Å². The van der Waals surface area contributed by atoms with Gasteiger partial charge in [0.05, 0.1) is 24.1 Å². The van der Waals surface area contributed by atoms with Gasteiger partial charge in [-0.1, -0.05) is 0 Å². The van der Waals surface area contributed by atoms with Crippen LogP contribution in [0, 0.1) is 17.3 Å². The minimum atomic E-state index is -4.75. The van der Waals surface area contributed by atoms with Crippen molar-refractivity contribution in [2.24, 2.45) is 23.0 Å². The second-order valence-electron chi connectivity index (χ2n) is 12.9. The molecule has 4 saturated carbocycles. The van der Waals surface area contributed by atoms with Crippen molar-refractivity contribution in [1.29, 1.82) is 0 Å². The molecule has 7 unspecified atom stereocenters. The molecule has 7 rings (SSSR count). The van der Waals surface area contributed by atoms with Gasteiger partial charge in [-0.05, 0) is 73.8 Å². The molecule has 238 valence electrons. The molecule has 0 aromatic carbocycles. The molecule has 5 fully saturated rings. The molecule has 19 heteroatoms. The predicted octanol–water partition coefficient (Wildman–Crippen LogP) is 0.492. The van der Waals surface area contributed by atoms with E-state index >= 15 is 0 Å². The average molecular weight is 665 g/mol. The number of halogens is 1. The molecular weight excluding hydrogens is 630 g/mol. The maximum atomic E-state index is 13.5. The Bertz CT molecular complexity index is 1520. The van der Waals surface area contributed by atoms with E-state index in [2.05, 4.69) is 20.3 Å². The molecule has 3 heterocycles. The standard InChI is InChI=1S/C24H35ClN6O10P2/c25-22-29-18(28-20(34)17(26)23-4-11-3-12(5-23)7-24(35,6-11)8-23)14-19(30-22)31(9-27-14)21-16(33)15(32)13(41-21)1-2-42(36,37)10-43(38,39)40/h9,11-13,15-17,21,32-33,35H,1-8,10,26H2,(H,36,37)(H2,38,39,40)(H,28,29,30,34)/t11-,12?,13-,15?,16?,17?,21-,23?,24?/m1/s1. The van der Waals surface area contributed by atoms with Crippen LogP contribution in [0.4, 0.5) is 5.82 Å². The Morgan fingerprint density at radius 2 is 1.84 bits per heavy atom. The lowest BCUT2D eigenvalue weighted by Crippen LogP contribution is -2.63. The molecule has 4 aliphatic carbocycles. The number of nitrogens with zero attached hydrogens (tertiary/aromatic N) is 4. The fraction of sp³-hybridized carbons (Fsp3) is 0.750. The number of nitrogens with one attached hydrogen (secondary N) is 1. The normalized spacial score (nSPS) is 37.5. The highest BCUT2D eigenvalue weighted by Crippen LogP contribution is 2.62. The number of imidazole rings is 1. The first kappa shape index (κ1) is 31.4. The van der Waals surface area contributed by atoms with E-state index in [0.717, 1.165) is 32.1 Å². The van der Waals surface area contributed by atoms with Crippen molar-refractivity contribution in [3.63, 3.8) is 0 Å². The number of carbonyl (C=O) groups excluding carboxylic acids is 1. The zero-order chi connectivity index (χ0) is 31.1. The van der Waals surface area contributed by atoms with Gasteiger partial charge in [0.15, 0.2) is 23.2 Å². The molecule has 1 amide bonds. The molecule has 1 aliphatic heterocycles. The zero-order valence-corrected chi connectivity index (χ0v) is 25.5. The van der Waals surface area contributed by atoms with Gasteiger partial charge in [0, 0.05) is 6.16 Å². The summed E-state index contributed by atoms with van der Waals surface area (Å²) in [4.78, 5) is 54.1. The highest BCUT2D eigenvalue weighted by atomic mass is 35.5. The van der Waals surface area contributed by atoms with Gasteiger partial charge in [0.2, 0.25) is 18.6 Å². The van der Waals surface area contributed by atoms with Crippen LogP contribution in [0.2, 0.25) is 5.28 Å². The molecular formula is C24H35ClN6O10P2. The number of fused-ring (bicyclic) bond motifs is 1. The molecule has 4 bridgehead atoms. The maximum absolute atomic E-state index is 13.5. The monoisotopic (exact) mass is 664 g/mol. The molecule has 16 nitrogen and oxygen atoms in total. The number of rotatable bonds is 9. The molecule has 0 spiro atoms. The number of carbonyl (C=O) groups is 1. The smallest absolute Gasteiger partial charge is 0.335 e. The number of aliphatic hydroxyl groups is 3. The van der Waals surface area contributed by atoms with Crippen LogP contribution < -0.4 is 11.1 Å². The molecule has 10 atom stereocenters. The van der Waals surface area contributed by atoms with Crippen molar-refractivity contribution < 1.29 is 48.7 Å². The first-order valence-corrected chi connectivity index (χ1v) is 18.2. The number of hydrogen-bond donors (Lipinski definition) is 8. The number of nitrogens with two attached hydrogens (primary N) is 1. The van der Waals surface area contributed by atoms with Gasteiger partial charge in [-0.3, -0.25) is 18.5 Å².